The zero-order chi connectivity index (χ0) is 16.3. The molecule has 1 aliphatic heterocycles. The molecule has 0 amide bonds. The molecule has 0 aromatic heterocycles. The van der Waals surface area contributed by atoms with Crippen molar-refractivity contribution < 1.29 is 5.11 Å². The van der Waals surface area contributed by atoms with Crippen molar-refractivity contribution in [2.75, 3.05) is 26.2 Å². The summed E-state index contributed by atoms with van der Waals surface area (Å²) in [5, 5.41) is 14.6. The third-order valence-corrected chi connectivity index (χ3v) is 5.36. The van der Waals surface area contributed by atoms with Gasteiger partial charge in [-0.25, -0.2) is 0 Å². The van der Waals surface area contributed by atoms with Crippen LogP contribution in [0.5, 0.6) is 0 Å². The van der Waals surface area contributed by atoms with E-state index in [-0.39, 0.29) is 0 Å². The zero-order valence-corrected chi connectivity index (χ0v) is 14.5. The number of aliphatic hydroxyl groups is 1. The van der Waals surface area contributed by atoms with E-state index >= 15 is 0 Å². The molecule has 0 bridgehead atoms. The number of fused-ring (bicyclic) bond motifs is 1. The van der Waals surface area contributed by atoms with Crippen LogP contribution < -0.4 is 5.32 Å². The SMILES string of the molecule is CC(C)=CCN1CCC(NCC2(O)CCc3ccccc32)CC1. The number of hydrogen-bond acceptors (Lipinski definition) is 3. The predicted molar refractivity (Wildman–Crippen MR) is 95.6 cm³/mol. The summed E-state index contributed by atoms with van der Waals surface area (Å²) in [6, 6.07) is 8.88. The normalized spacial score (nSPS) is 25.3. The van der Waals surface area contributed by atoms with Crippen LogP contribution in [-0.2, 0) is 12.0 Å². The maximum atomic E-state index is 11.0. The molecule has 2 N–H and O–H groups in total. The number of piperidine rings is 1. The highest BCUT2D eigenvalue weighted by Gasteiger charge is 2.36. The Bertz CT molecular complexity index is 557. The van der Waals surface area contributed by atoms with E-state index < -0.39 is 5.60 Å². The van der Waals surface area contributed by atoms with Crippen molar-refractivity contribution in [1.82, 2.24) is 10.2 Å². The second-order valence-corrected chi connectivity index (χ2v) is 7.43. The molecule has 1 fully saturated rings. The summed E-state index contributed by atoms with van der Waals surface area (Å²) in [4.78, 5) is 2.52. The van der Waals surface area contributed by atoms with Gasteiger partial charge in [0.1, 0.15) is 5.60 Å². The Labute approximate surface area is 140 Å². The Kier molecular flexibility index (Phi) is 5.20. The molecule has 1 aliphatic carbocycles. The minimum atomic E-state index is -0.671. The standard InChI is InChI=1S/C20H30N2O/c1-16(2)8-12-22-13-9-18(10-14-22)21-15-20(23)11-7-17-5-3-4-6-19(17)20/h3-6,8,18,21,23H,7,9-15H2,1-2H3. The summed E-state index contributed by atoms with van der Waals surface area (Å²) in [6.07, 6.45) is 6.50. The number of aryl methyl sites for hydroxylation is 1. The molecule has 1 aromatic carbocycles. The van der Waals surface area contributed by atoms with E-state index in [1.165, 1.54) is 24.0 Å². The molecule has 0 radical (unpaired) electrons. The first-order valence-corrected chi connectivity index (χ1v) is 8.97. The molecule has 1 aromatic rings. The first kappa shape index (κ1) is 16.7. The fourth-order valence-electron chi connectivity index (χ4n) is 3.80. The van der Waals surface area contributed by atoms with E-state index in [4.69, 9.17) is 0 Å². The maximum Gasteiger partial charge on any atom is 0.103 e. The molecule has 0 spiro atoms. The van der Waals surface area contributed by atoms with Gasteiger partial charge in [-0.2, -0.15) is 0 Å². The minimum Gasteiger partial charge on any atom is -0.384 e. The highest BCUT2D eigenvalue weighted by atomic mass is 16.3. The quantitative estimate of drug-likeness (QED) is 0.820. The Hall–Kier alpha value is -1.16. The van der Waals surface area contributed by atoms with Crippen LogP contribution in [0.25, 0.3) is 0 Å². The molecular formula is C20H30N2O. The first-order chi connectivity index (χ1) is 11.1. The van der Waals surface area contributed by atoms with Crippen molar-refractivity contribution >= 4 is 0 Å². The van der Waals surface area contributed by atoms with Crippen LogP contribution in [0.1, 0.15) is 44.2 Å². The minimum absolute atomic E-state index is 0.537. The van der Waals surface area contributed by atoms with Crippen LogP contribution in [0.4, 0.5) is 0 Å². The largest absolute Gasteiger partial charge is 0.384 e. The monoisotopic (exact) mass is 314 g/mol. The topological polar surface area (TPSA) is 35.5 Å². The molecule has 0 saturated carbocycles. The number of rotatable bonds is 5. The molecule has 1 atom stereocenters. The summed E-state index contributed by atoms with van der Waals surface area (Å²) >= 11 is 0. The summed E-state index contributed by atoms with van der Waals surface area (Å²) in [6.45, 7) is 8.38. The lowest BCUT2D eigenvalue weighted by Gasteiger charge is -2.34. The molecular weight excluding hydrogens is 284 g/mol. The second-order valence-electron chi connectivity index (χ2n) is 7.43. The Morgan fingerprint density at radius 3 is 2.78 bits per heavy atom. The highest BCUT2D eigenvalue weighted by molar-refractivity contribution is 5.37. The predicted octanol–water partition coefficient (Wildman–Crippen LogP) is 2.84. The average Bonchev–Trinajstić information content (AvgIpc) is 2.90. The third-order valence-electron chi connectivity index (χ3n) is 5.36. The van der Waals surface area contributed by atoms with Crippen molar-refractivity contribution in [3.8, 4) is 0 Å². The van der Waals surface area contributed by atoms with Crippen molar-refractivity contribution in [3.05, 3.63) is 47.0 Å². The molecule has 1 unspecified atom stereocenters. The number of likely N-dealkylation sites (tertiary alicyclic amines) is 1. The molecule has 1 saturated heterocycles. The van der Waals surface area contributed by atoms with Crippen LogP contribution in [0.2, 0.25) is 0 Å². The van der Waals surface area contributed by atoms with E-state index in [0.29, 0.717) is 12.6 Å². The van der Waals surface area contributed by atoms with Gasteiger partial charge >= 0.3 is 0 Å². The van der Waals surface area contributed by atoms with Crippen LogP contribution in [-0.4, -0.2) is 42.2 Å². The van der Waals surface area contributed by atoms with E-state index in [1.807, 2.05) is 6.07 Å². The summed E-state index contributed by atoms with van der Waals surface area (Å²) in [5.74, 6) is 0. The molecule has 126 valence electrons. The van der Waals surface area contributed by atoms with Crippen molar-refractivity contribution in [2.24, 2.45) is 0 Å². The van der Waals surface area contributed by atoms with Gasteiger partial charge in [-0.3, -0.25) is 4.90 Å². The van der Waals surface area contributed by atoms with Gasteiger partial charge in [-0.05, 0) is 63.7 Å². The van der Waals surface area contributed by atoms with E-state index in [2.05, 4.69) is 48.3 Å². The second kappa shape index (κ2) is 7.16. The lowest BCUT2D eigenvalue weighted by atomic mass is 9.94. The highest BCUT2D eigenvalue weighted by Crippen LogP contribution is 2.36. The molecule has 2 aliphatic rings. The number of hydrogen-bond donors (Lipinski definition) is 2. The van der Waals surface area contributed by atoms with Gasteiger partial charge in [-0.15, -0.1) is 0 Å². The zero-order valence-electron chi connectivity index (χ0n) is 14.5. The summed E-state index contributed by atoms with van der Waals surface area (Å²) < 4.78 is 0. The van der Waals surface area contributed by atoms with Gasteiger partial charge < -0.3 is 10.4 Å². The smallest absolute Gasteiger partial charge is 0.103 e. The van der Waals surface area contributed by atoms with Crippen molar-refractivity contribution in [3.63, 3.8) is 0 Å². The first-order valence-electron chi connectivity index (χ1n) is 8.97. The fourth-order valence-corrected chi connectivity index (χ4v) is 3.80. The van der Waals surface area contributed by atoms with Gasteiger partial charge in [0.05, 0.1) is 0 Å². The molecule has 3 nitrogen and oxygen atoms in total. The van der Waals surface area contributed by atoms with Crippen molar-refractivity contribution in [2.45, 2.75) is 51.2 Å². The lowest BCUT2D eigenvalue weighted by molar-refractivity contribution is 0.0331. The lowest BCUT2D eigenvalue weighted by Crippen LogP contribution is -2.47. The van der Waals surface area contributed by atoms with E-state index in [1.54, 1.807) is 0 Å². The summed E-state index contributed by atoms with van der Waals surface area (Å²) in [7, 11) is 0. The van der Waals surface area contributed by atoms with Crippen LogP contribution >= 0.6 is 0 Å². The fraction of sp³-hybridized carbons (Fsp3) is 0.600. The Morgan fingerprint density at radius 1 is 1.30 bits per heavy atom. The van der Waals surface area contributed by atoms with Gasteiger partial charge in [0, 0.05) is 19.1 Å². The van der Waals surface area contributed by atoms with Gasteiger partial charge in [-0.1, -0.05) is 35.9 Å². The van der Waals surface area contributed by atoms with Crippen LogP contribution in [0.3, 0.4) is 0 Å². The van der Waals surface area contributed by atoms with Gasteiger partial charge in [0.25, 0.3) is 0 Å². The maximum absolute atomic E-state index is 11.0. The summed E-state index contributed by atoms with van der Waals surface area (Å²) in [5.41, 5.74) is 3.17. The van der Waals surface area contributed by atoms with E-state index in [9.17, 15) is 5.11 Å². The van der Waals surface area contributed by atoms with Crippen LogP contribution in [0, 0.1) is 0 Å². The van der Waals surface area contributed by atoms with Crippen molar-refractivity contribution in [1.29, 1.82) is 0 Å². The third kappa shape index (κ3) is 4.03. The average molecular weight is 314 g/mol. The van der Waals surface area contributed by atoms with Gasteiger partial charge in [0.15, 0.2) is 0 Å². The molecule has 3 rings (SSSR count). The number of nitrogens with zero attached hydrogens (tertiary/aromatic N) is 1. The molecule has 23 heavy (non-hydrogen) atoms. The Balaban J connectivity index is 1.48. The van der Waals surface area contributed by atoms with Crippen LogP contribution in [0.15, 0.2) is 35.9 Å². The van der Waals surface area contributed by atoms with E-state index in [0.717, 1.165) is 38.0 Å². The van der Waals surface area contributed by atoms with Gasteiger partial charge in [0.2, 0.25) is 0 Å². The molecule has 3 heteroatoms. The number of nitrogens with one attached hydrogen (secondary N) is 1. The molecule has 1 heterocycles. The number of allylic oxidation sites excluding steroid dienone is 1. The Morgan fingerprint density at radius 2 is 2.04 bits per heavy atom. The number of benzene rings is 1.